The normalized spacial score (nSPS) is 17.6. The van der Waals surface area contributed by atoms with Crippen LogP contribution in [0.2, 0.25) is 0 Å². The molecule has 7 nitrogen and oxygen atoms in total. The molecular formula is C24H21N3O4S. The highest BCUT2D eigenvalue weighted by Gasteiger charge is 2.48. The second-order valence-electron chi connectivity index (χ2n) is 7.31. The number of ketones is 1. The van der Waals surface area contributed by atoms with E-state index < -0.39 is 17.7 Å². The van der Waals surface area contributed by atoms with E-state index in [9.17, 15) is 14.7 Å². The van der Waals surface area contributed by atoms with E-state index in [4.69, 9.17) is 4.74 Å². The molecule has 8 heteroatoms. The summed E-state index contributed by atoms with van der Waals surface area (Å²) in [6, 6.07) is 13.3. The summed E-state index contributed by atoms with van der Waals surface area (Å²) in [6.07, 6.45) is 1.63. The number of aryl methyl sites for hydroxylation is 2. The summed E-state index contributed by atoms with van der Waals surface area (Å²) < 4.78 is 5.64. The molecule has 1 atom stereocenters. The van der Waals surface area contributed by atoms with E-state index in [1.807, 2.05) is 19.1 Å². The quantitative estimate of drug-likeness (QED) is 0.261. The number of anilines is 1. The van der Waals surface area contributed by atoms with E-state index in [0.717, 1.165) is 5.56 Å². The van der Waals surface area contributed by atoms with Crippen molar-refractivity contribution in [3.05, 3.63) is 88.5 Å². The second-order valence-corrected chi connectivity index (χ2v) is 8.47. The molecule has 32 heavy (non-hydrogen) atoms. The van der Waals surface area contributed by atoms with Crippen molar-refractivity contribution in [1.29, 1.82) is 0 Å². The van der Waals surface area contributed by atoms with Crippen LogP contribution >= 0.6 is 11.3 Å². The topological polar surface area (TPSA) is 92.6 Å². The van der Waals surface area contributed by atoms with Crippen LogP contribution in [0, 0.1) is 13.8 Å². The van der Waals surface area contributed by atoms with Crippen molar-refractivity contribution in [3.63, 3.8) is 0 Å². The van der Waals surface area contributed by atoms with Gasteiger partial charge in [-0.25, -0.2) is 0 Å². The number of rotatable bonds is 6. The van der Waals surface area contributed by atoms with Crippen molar-refractivity contribution >= 4 is 33.9 Å². The van der Waals surface area contributed by atoms with Crippen molar-refractivity contribution < 1.29 is 19.4 Å². The third-order valence-corrected chi connectivity index (χ3v) is 5.87. The van der Waals surface area contributed by atoms with E-state index in [1.165, 1.54) is 16.2 Å². The van der Waals surface area contributed by atoms with Crippen LogP contribution < -0.4 is 9.64 Å². The largest absolute Gasteiger partial charge is 0.507 e. The third-order valence-electron chi connectivity index (χ3n) is 5.03. The van der Waals surface area contributed by atoms with Crippen LogP contribution in [0.15, 0.2) is 66.8 Å². The monoisotopic (exact) mass is 447 g/mol. The maximum Gasteiger partial charge on any atom is 0.301 e. The molecule has 1 N–H and O–H groups in total. The van der Waals surface area contributed by atoms with Crippen LogP contribution in [-0.4, -0.2) is 33.6 Å². The lowest BCUT2D eigenvalue weighted by atomic mass is 9.95. The second kappa shape index (κ2) is 8.76. The number of aliphatic hydroxyl groups excluding tert-OH is 1. The first kappa shape index (κ1) is 21.5. The van der Waals surface area contributed by atoms with E-state index in [-0.39, 0.29) is 16.5 Å². The summed E-state index contributed by atoms with van der Waals surface area (Å²) in [4.78, 5) is 27.5. The number of carbonyl (C=O) groups is 2. The van der Waals surface area contributed by atoms with Crippen molar-refractivity contribution in [3.8, 4) is 5.75 Å². The number of hydrogen-bond donors (Lipinski definition) is 1. The van der Waals surface area contributed by atoms with E-state index in [1.54, 1.807) is 49.4 Å². The zero-order valence-corrected chi connectivity index (χ0v) is 18.4. The average molecular weight is 448 g/mol. The van der Waals surface area contributed by atoms with Gasteiger partial charge in [-0.3, -0.25) is 14.5 Å². The molecule has 2 aromatic carbocycles. The minimum Gasteiger partial charge on any atom is -0.507 e. The SMILES string of the molecule is C=CCOc1cccc(C2/C(=C(\O)c3ccc(C)cc3)C(=O)C(=O)N2c2nnc(C)s2)c1. The summed E-state index contributed by atoms with van der Waals surface area (Å²) in [6.45, 7) is 7.65. The van der Waals surface area contributed by atoms with Crippen LogP contribution in [0.5, 0.6) is 5.75 Å². The number of aromatic nitrogens is 2. The lowest BCUT2D eigenvalue weighted by Gasteiger charge is -2.23. The first-order valence-electron chi connectivity index (χ1n) is 9.92. The van der Waals surface area contributed by atoms with Gasteiger partial charge < -0.3 is 9.84 Å². The van der Waals surface area contributed by atoms with Gasteiger partial charge in [-0.05, 0) is 31.5 Å². The molecule has 0 saturated carbocycles. The minimum atomic E-state index is -0.879. The molecule has 0 aliphatic carbocycles. The molecule has 0 spiro atoms. The molecule has 1 unspecified atom stereocenters. The molecule has 3 aromatic rings. The predicted octanol–water partition coefficient (Wildman–Crippen LogP) is 4.35. The Morgan fingerprint density at radius 3 is 2.59 bits per heavy atom. The third kappa shape index (κ3) is 3.92. The first-order chi connectivity index (χ1) is 15.4. The van der Waals surface area contributed by atoms with Gasteiger partial charge in [0.15, 0.2) is 0 Å². The van der Waals surface area contributed by atoms with Crippen LogP contribution in [0.4, 0.5) is 5.13 Å². The van der Waals surface area contributed by atoms with Crippen molar-refractivity contribution in [2.45, 2.75) is 19.9 Å². The summed E-state index contributed by atoms with van der Waals surface area (Å²) in [5.74, 6) is -1.23. The van der Waals surface area contributed by atoms with Crippen LogP contribution in [-0.2, 0) is 9.59 Å². The number of benzene rings is 2. The Kier molecular flexibility index (Phi) is 5.87. The van der Waals surface area contributed by atoms with Crippen LogP contribution in [0.1, 0.15) is 27.7 Å². The zero-order chi connectivity index (χ0) is 22.8. The predicted molar refractivity (Wildman–Crippen MR) is 123 cm³/mol. The van der Waals surface area contributed by atoms with Gasteiger partial charge in [-0.1, -0.05) is 66.0 Å². The molecule has 0 bridgehead atoms. The Hall–Kier alpha value is -3.78. The molecule has 1 saturated heterocycles. The highest BCUT2D eigenvalue weighted by atomic mass is 32.1. The fraction of sp³-hybridized carbons (Fsp3) is 0.167. The van der Waals surface area contributed by atoms with Gasteiger partial charge in [-0.15, -0.1) is 10.2 Å². The van der Waals surface area contributed by atoms with Crippen molar-refractivity contribution in [2.75, 3.05) is 11.5 Å². The van der Waals surface area contributed by atoms with Crippen molar-refractivity contribution in [2.24, 2.45) is 0 Å². The van der Waals surface area contributed by atoms with Gasteiger partial charge in [0.25, 0.3) is 5.78 Å². The Morgan fingerprint density at radius 1 is 1.19 bits per heavy atom. The Morgan fingerprint density at radius 2 is 1.94 bits per heavy atom. The molecule has 0 radical (unpaired) electrons. The molecule has 1 amide bonds. The molecule has 4 rings (SSSR count). The Labute approximate surface area is 189 Å². The average Bonchev–Trinajstić information content (AvgIpc) is 3.33. The zero-order valence-electron chi connectivity index (χ0n) is 17.6. The minimum absolute atomic E-state index is 0.00687. The van der Waals surface area contributed by atoms with E-state index in [2.05, 4.69) is 16.8 Å². The lowest BCUT2D eigenvalue weighted by molar-refractivity contribution is -0.132. The molecule has 2 heterocycles. The molecule has 1 aliphatic rings. The smallest absolute Gasteiger partial charge is 0.301 e. The Bertz CT molecular complexity index is 1230. The summed E-state index contributed by atoms with van der Waals surface area (Å²) in [5.41, 5.74) is 2.06. The number of nitrogens with zero attached hydrogens (tertiary/aromatic N) is 3. The molecule has 1 fully saturated rings. The van der Waals surface area contributed by atoms with Gasteiger partial charge >= 0.3 is 5.91 Å². The number of aliphatic hydroxyl groups is 1. The van der Waals surface area contributed by atoms with Gasteiger partial charge in [-0.2, -0.15) is 0 Å². The fourth-order valence-corrected chi connectivity index (χ4v) is 4.24. The van der Waals surface area contributed by atoms with Crippen LogP contribution in [0.3, 0.4) is 0 Å². The van der Waals surface area contributed by atoms with E-state index >= 15 is 0 Å². The summed E-state index contributed by atoms with van der Waals surface area (Å²) in [7, 11) is 0. The fourth-order valence-electron chi connectivity index (χ4n) is 3.53. The molecule has 162 valence electrons. The van der Waals surface area contributed by atoms with Gasteiger partial charge in [0, 0.05) is 5.56 Å². The van der Waals surface area contributed by atoms with Gasteiger partial charge in [0.1, 0.15) is 23.1 Å². The van der Waals surface area contributed by atoms with Gasteiger partial charge in [0.2, 0.25) is 5.13 Å². The van der Waals surface area contributed by atoms with Gasteiger partial charge in [0.05, 0.1) is 11.6 Å². The Balaban J connectivity index is 1.90. The number of carbonyl (C=O) groups excluding carboxylic acids is 2. The highest BCUT2D eigenvalue weighted by Crippen LogP contribution is 2.43. The summed E-state index contributed by atoms with van der Waals surface area (Å²) in [5, 5.41) is 20.1. The highest BCUT2D eigenvalue weighted by molar-refractivity contribution is 7.15. The first-order valence-corrected chi connectivity index (χ1v) is 10.7. The maximum atomic E-state index is 13.1. The maximum absolute atomic E-state index is 13.1. The van der Waals surface area contributed by atoms with E-state index in [0.29, 0.717) is 28.5 Å². The molecule has 1 aliphatic heterocycles. The number of amides is 1. The lowest BCUT2D eigenvalue weighted by Crippen LogP contribution is -2.29. The molecular weight excluding hydrogens is 426 g/mol. The number of ether oxygens (including phenoxy) is 1. The summed E-state index contributed by atoms with van der Waals surface area (Å²) >= 11 is 1.20. The molecule has 1 aromatic heterocycles. The standard InChI is InChI=1S/C24H21N3O4S/c1-4-12-31-18-7-5-6-17(13-18)20-19(21(28)16-10-8-14(2)9-11-16)22(29)23(30)27(20)24-26-25-15(3)32-24/h4-11,13,20,28H,1,12H2,2-3H3/b21-19+. The number of hydrogen-bond acceptors (Lipinski definition) is 7. The number of Topliss-reactive ketones (excluding diaryl/α,β-unsaturated/α-hetero) is 1. The van der Waals surface area contributed by atoms with Crippen LogP contribution in [0.25, 0.3) is 5.76 Å². The van der Waals surface area contributed by atoms with Crippen molar-refractivity contribution in [1.82, 2.24) is 10.2 Å².